The Morgan fingerprint density at radius 2 is 2.00 bits per heavy atom. The van der Waals surface area contributed by atoms with Crippen molar-refractivity contribution in [3.63, 3.8) is 0 Å². The largest absolute Gasteiger partial charge is 0.376 e. The lowest BCUT2D eigenvalue weighted by molar-refractivity contribution is 0.0392. The maximum atomic E-state index is 5.85. The van der Waals surface area contributed by atoms with Crippen molar-refractivity contribution in [2.45, 2.75) is 39.2 Å². The van der Waals surface area contributed by atoms with Crippen LogP contribution in [-0.2, 0) is 4.74 Å². The van der Waals surface area contributed by atoms with Crippen LogP contribution in [-0.4, -0.2) is 50.3 Å². The van der Waals surface area contributed by atoms with Gasteiger partial charge in [-0.15, -0.1) is 0 Å². The zero-order chi connectivity index (χ0) is 10.9. The Bertz CT molecular complexity index is 147. The molecule has 1 saturated heterocycles. The Morgan fingerprint density at radius 1 is 1.27 bits per heavy atom. The number of likely N-dealkylation sites (tertiary alicyclic amines) is 1. The highest BCUT2D eigenvalue weighted by Gasteiger charge is 2.12. The van der Waals surface area contributed by atoms with Gasteiger partial charge < -0.3 is 15.0 Å². The maximum absolute atomic E-state index is 5.85. The smallest absolute Gasteiger partial charge is 0.0697 e. The van der Waals surface area contributed by atoms with Gasteiger partial charge in [0.15, 0.2) is 0 Å². The van der Waals surface area contributed by atoms with Crippen LogP contribution in [0.25, 0.3) is 0 Å². The Morgan fingerprint density at radius 3 is 2.60 bits per heavy atom. The van der Waals surface area contributed by atoms with Gasteiger partial charge >= 0.3 is 0 Å². The molecule has 0 bridgehead atoms. The summed E-state index contributed by atoms with van der Waals surface area (Å²) < 4.78 is 5.85. The molecule has 1 rings (SSSR count). The molecular formula is C12H26N2O. The van der Waals surface area contributed by atoms with Gasteiger partial charge in [0.1, 0.15) is 0 Å². The van der Waals surface area contributed by atoms with Crippen molar-refractivity contribution >= 4 is 0 Å². The predicted octanol–water partition coefficient (Wildman–Crippen LogP) is 1.49. The van der Waals surface area contributed by atoms with E-state index in [4.69, 9.17) is 4.74 Å². The van der Waals surface area contributed by atoms with Crippen LogP contribution >= 0.6 is 0 Å². The molecule has 1 fully saturated rings. The van der Waals surface area contributed by atoms with Gasteiger partial charge in [-0.05, 0) is 38.9 Å². The average molecular weight is 214 g/mol. The summed E-state index contributed by atoms with van der Waals surface area (Å²) in [5, 5.41) is 3.34. The second-order valence-corrected chi connectivity index (χ2v) is 4.26. The lowest BCUT2D eigenvalue weighted by Gasteiger charge is -2.19. The van der Waals surface area contributed by atoms with Gasteiger partial charge in [-0.2, -0.15) is 0 Å². The molecule has 0 aromatic heterocycles. The Labute approximate surface area is 94.2 Å². The molecule has 0 aliphatic carbocycles. The van der Waals surface area contributed by atoms with Crippen LogP contribution in [0.1, 0.15) is 33.1 Å². The van der Waals surface area contributed by atoms with E-state index in [0.29, 0.717) is 6.10 Å². The number of nitrogens with one attached hydrogen (secondary N) is 1. The van der Waals surface area contributed by atoms with E-state index in [1.165, 1.54) is 25.9 Å². The van der Waals surface area contributed by atoms with Gasteiger partial charge in [-0.3, -0.25) is 0 Å². The molecule has 1 atom stereocenters. The van der Waals surface area contributed by atoms with Gasteiger partial charge in [0, 0.05) is 13.1 Å². The summed E-state index contributed by atoms with van der Waals surface area (Å²) >= 11 is 0. The van der Waals surface area contributed by atoms with Crippen LogP contribution in [0.2, 0.25) is 0 Å². The molecule has 0 aromatic rings. The normalized spacial score (nSPS) is 19.6. The summed E-state index contributed by atoms with van der Waals surface area (Å²) in [7, 11) is 0. The first-order valence-electron chi connectivity index (χ1n) is 6.41. The minimum atomic E-state index is 0.396. The van der Waals surface area contributed by atoms with E-state index in [-0.39, 0.29) is 0 Å². The van der Waals surface area contributed by atoms with E-state index in [1.54, 1.807) is 0 Å². The van der Waals surface area contributed by atoms with E-state index in [9.17, 15) is 0 Å². The molecule has 0 aromatic carbocycles. The fourth-order valence-corrected chi connectivity index (χ4v) is 1.98. The Hall–Kier alpha value is -0.120. The van der Waals surface area contributed by atoms with Crippen LogP contribution in [0.5, 0.6) is 0 Å². The molecule has 1 N–H and O–H groups in total. The number of rotatable bonds is 8. The summed E-state index contributed by atoms with van der Waals surface area (Å²) in [4.78, 5) is 2.50. The van der Waals surface area contributed by atoms with Crippen molar-refractivity contribution in [1.29, 1.82) is 0 Å². The fraction of sp³-hybridized carbons (Fsp3) is 1.00. The van der Waals surface area contributed by atoms with E-state index < -0.39 is 0 Å². The lowest BCUT2D eigenvalue weighted by Crippen LogP contribution is -2.31. The van der Waals surface area contributed by atoms with Crippen LogP contribution in [0.15, 0.2) is 0 Å². The molecule has 1 heterocycles. The maximum Gasteiger partial charge on any atom is 0.0697 e. The van der Waals surface area contributed by atoms with E-state index in [2.05, 4.69) is 24.1 Å². The SMILES string of the molecule is CCNCC(CC)OCCN1CCCC1. The zero-order valence-corrected chi connectivity index (χ0v) is 10.3. The number of ether oxygens (including phenoxy) is 1. The van der Waals surface area contributed by atoms with Crippen LogP contribution in [0, 0.1) is 0 Å². The van der Waals surface area contributed by atoms with Crippen LogP contribution < -0.4 is 5.32 Å². The third-order valence-electron chi connectivity index (χ3n) is 3.04. The van der Waals surface area contributed by atoms with Gasteiger partial charge in [-0.25, -0.2) is 0 Å². The van der Waals surface area contributed by atoms with Gasteiger partial charge in [0.05, 0.1) is 12.7 Å². The van der Waals surface area contributed by atoms with Crippen molar-refractivity contribution in [2.24, 2.45) is 0 Å². The molecule has 0 saturated carbocycles. The Kier molecular flexibility index (Phi) is 6.98. The third kappa shape index (κ3) is 5.50. The van der Waals surface area contributed by atoms with Crippen LogP contribution in [0.4, 0.5) is 0 Å². The first-order chi connectivity index (χ1) is 7.36. The van der Waals surface area contributed by atoms with Gasteiger partial charge in [0.2, 0.25) is 0 Å². The van der Waals surface area contributed by atoms with Gasteiger partial charge in [-0.1, -0.05) is 13.8 Å². The molecule has 1 unspecified atom stereocenters. The topological polar surface area (TPSA) is 24.5 Å². The summed E-state index contributed by atoms with van der Waals surface area (Å²) in [5.41, 5.74) is 0. The highest BCUT2D eigenvalue weighted by molar-refractivity contribution is 4.66. The summed E-state index contributed by atoms with van der Waals surface area (Å²) in [6.45, 7) is 10.9. The Balaban J connectivity index is 2.00. The molecule has 1 aliphatic rings. The standard InChI is InChI=1S/C12H26N2O/c1-3-12(11-13-4-2)15-10-9-14-7-5-6-8-14/h12-13H,3-11H2,1-2H3. The molecule has 3 nitrogen and oxygen atoms in total. The van der Waals surface area contributed by atoms with Crippen molar-refractivity contribution < 1.29 is 4.74 Å². The minimum Gasteiger partial charge on any atom is -0.376 e. The molecular weight excluding hydrogens is 188 g/mol. The zero-order valence-electron chi connectivity index (χ0n) is 10.3. The van der Waals surface area contributed by atoms with Crippen molar-refractivity contribution in [3.8, 4) is 0 Å². The monoisotopic (exact) mass is 214 g/mol. The number of likely N-dealkylation sites (N-methyl/N-ethyl adjacent to an activating group) is 1. The van der Waals surface area contributed by atoms with Crippen molar-refractivity contribution in [1.82, 2.24) is 10.2 Å². The molecule has 0 radical (unpaired) electrons. The molecule has 0 amide bonds. The summed E-state index contributed by atoms with van der Waals surface area (Å²) in [6.07, 6.45) is 4.24. The second-order valence-electron chi connectivity index (χ2n) is 4.26. The number of hydrogen-bond donors (Lipinski definition) is 1. The predicted molar refractivity (Wildman–Crippen MR) is 64.2 cm³/mol. The molecule has 90 valence electrons. The van der Waals surface area contributed by atoms with E-state index in [1.807, 2.05) is 0 Å². The first kappa shape index (κ1) is 12.9. The molecule has 1 aliphatic heterocycles. The summed E-state index contributed by atoms with van der Waals surface area (Å²) in [6, 6.07) is 0. The highest BCUT2D eigenvalue weighted by atomic mass is 16.5. The van der Waals surface area contributed by atoms with Crippen LogP contribution in [0.3, 0.4) is 0 Å². The molecule has 0 spiro atoms. The lowest BCUT2D eigenvalue weighted by atomic mass is 10.3. The quantitative estimate of drug-likeness (QED) is 0.662. The van der Waals surface area contributed by atoms with Crippen molar-refractivity contribution in [3.05, 3.63) is 0 Å². The minimum absolute atomic E-state index is 0.396. The number of nitrogens with zero attached hydrogens (tertiary/aromatic N) is 1. The van der Waals surface area contributed by atoms with Crippen molar-refractivity contribution in [2.75, 3.05) is 39.3 Å². The average Bonchev–Trinajstić information content (AvgIpc) is 2.76. The second kappa shape index (κ2) is 8.08. The molecule has 15 heavy (non-hydrogen) atoms. The first-order valence-corrected chi connectivity index (χ1v) is 6.41. The number of hydrogen-bond acceptors (Lipinski definition) is 3. The summed E-state index contributed by atoms with van der Waals surface area (Å²) in [5.74, 6) is 0. The molecule has 3 heteroatoms. The van der Waals surface area contributed by atoms with E-state index in [0.717, 1.165) is 32.7 Å². The fourth-order valence-electron chi connectivity index (χ4n) is 1.98. The third-order valence-corrected chi connectivity index (χ3v) is 3.04. The van der Waals surface area contributed by atoms with E-state index >= 15 is 0 Å². The highest BCUT2D eigenvalue weighted by Crippen LogP contribution is 2.06. The van der Waals surface area contributed by atoms with Gasteiger partial charge in [0.25, 0.3) is 0 Å².